The second-order valence-electron chi connectivity index (χ2n) is 4.68. The van der Waals surface area contributed by atoms with Crippen LogP contribution in [0.2, 0.25) is 0 Å². The van der Waals surface area contributed by atoms with Gasteiger partial charge in [0.2, 0.25) is 0 Å². The maximum absolute atomic E-state index is 11.0. The lowest BCUT2D eigenvalue weighted by Gasteiger charge is -2.17. The molecule has 1 atom stereocenters. The van der Waals surface area contributed by atoms with Crippen molar-refractivity contribution in [1.82, 2.24) is 5.32 Å². The average molecular weight is 267 g/mol. The minimum atomic E-state index is -0.773. The minimum Gasteiger partial charge on any atom is -0.480 e. The van der Waals surface area contributed by atoms with Crippen LogP contribution in [0.25, 0.3) is 0 Å². The number of hydrogen-bond donors (Lipinski definition) is 2. The number of thioether (sulfide) groups is 1. The number of aliphatic carboxylic acids is 1. The molecule has 4 heteroatoms. The third-order valence-electron chi connectivity index (χ3n) is 2.69. The number of nitrogens with one attached hydrogen (secondary N) is 1. The van der Waals surface area contributed by atoms with E-state index in [9.17, 15) is 4.79 Å². The summed E-state index contributed by atoms with van der Waals surface area (Å²) in [5.41, 5.74) is 1.25. The fraction of sp³-hybridized carbons (Fsp3) is 0.500. The smallest absolute Gasteiger partial charge is 0.320 e. The maximum Gasteiger partial charge on any atom is 0.320 e. The summed E-state index contributed by atoms with van der Waals surface area (Å²) in [5, 5.41) is 12.1. The lowest BCUT2D eigenvalue weighted by atomic mass is 10.1. The van der Waals surface area contributed by atoms with E-state index in [1.54, 1.807) is 11.8 Å². The number of carboxylic acid groups (broad SMARTS) is 1. The maximum atomic E-state index is 11.0. The van der Waals surface area contributed by atoms with Gasteiger partial charge in [0.1, 0.15) is 6.04 Å². The molecule has 100 valence electrons. The van der Waals surface area contributed by atoms with Gasteiger partial charge in [0.05, 0.1) is 0 Å². The highest BCUT2D eigenvalue weighted by Gasteiger charge is 2.19. The fourth-order valence-corrected chi connectivity index (χ4v) is 2.41. The molecule has 1 unspecified atom stereocenters. The van der Waals surface area contributed by atoms with Gasteiger partial charge in [-0.25, -0.2) is 0 Å². The van der Waals surface area contributed by atoms with E-state index in [0.29, 0.717) is 6.54 Å². The summed E-state index contributed by atoms with van der Waals surface area (Å²) in [6.45, 7) is 6.60. The lowest BCUT2D eigenvalue weighted by molar-refractivity contribution is -0.140. The zero-order valence-corrected chi connectivity index (χ0v) is 12.0. The first-order valence-corrected chi connectivity index (χ1v) is 7.15. The summed E-state index contributed by atoms with van der Waals surface area (Å²) in [4.78, 5) is 12.2. The minimum absolute atomic E-state index is 0.104. The summed E-state index contributed by atoms with van der Waals surface area (Å²) < 4.78 is 0. The molecule has 0 radical (unpaired) electrons. The number of carboxylic acids is 1. The monoisotopic (exact) mass is 267 g/mol. The molecule has 0 bridgehead atoms. The van der Waals surface area contributed by atoms with Crippen molar-refractivity contribution in [3.8, 4) is 0 Å². The van der Waals surface area contributed by atoms with Crippen LogP contribution in [0.5, 0.6) is 0 Å². The Morgan fingerprint density at radius 1 is 1.33 bits per heavy atom. The largest absolute Gasteiger partial charge is 0.480 e. The van der Waals surface area contributed by atoms with Crippen LogP contribution in [0.1, 0.15) is 19.4 Å². The molecule has 0 aliphatic rings. The van der Waals surface area contributed by atoms with E-state index < -0.39 is 12.0 Å². The molecule has 0 heterocycles. The van der Waals surface area contributed by atoms with Gasteiger partial charge in [0.15, 0.2) is 0 Å². The van der Waals surface area contributed by atoms with Gasteiger partial charge in [-0.1, -0.05) is 31.5 Å². The highest BCUT2D eigenvalue weighted by atomic mass is 32.2. The molecule has 0 saturated carbocycles. The Balaban J connectivity index is 2.29. The van der Waals surface area contributed by atoms with Crippen molar-refractivity contribution in [3.05, 3.63) is 29.8 Å². The number of carbonyl (C=O) groups is 1. The molecule has 0 amide bonds. The van der Waals surface area contributed by atoms with Crippen molar-refractivity contribution in [1.29, 1.82) is 0 Å². The van der Waals surface area contributed by atoms with Crippen molar-refractivity contribution < 1.29 is 9.90 Å². The van der Waals surface area contributed by atoms with E-state index in [1.807, 2.05) is 13.8 Å². The number of benzene rings is 1. The van der Waals surface area contributed by atoms with Gasteiger partial charge >= 0.3 is 5.97 Å². The number of aryl methyl sites for hydroxylation is 1. The van der Waals surface area contributed by atoms with Gasteiger partial charge in [0, 0.05) is 17.2 Å². The Morgan fingerprint density at radius 3 is 2.44 bits per heavy atom. The van der Waals surface area contributed by atoms with Crippen LogP contribution >= 0.6 is 11.8 Å². The average Bonchev–Trinajstić information content (AvgIpc) is 2.30. The van der Waals surface area contributed by atoms with Crippen molar-refractivity contribution in [2.24, 2.45) is 5.92 Å². The standard InChI is InChI=1S/C14H21NO2S/c1-10(2)13(14(16)17)15-8-9-18-12-6-4-11(3)5-7-12/h4-7,10,13,15H,8-9H2,1-3H3,(H,16,17). The first-order chi connectivity index (χ1) is 8.50. The Morgan fingerprint density at radius 2 is 1.94 bits per heavy atom. The highest BCUT2D eigenvalue weighted by molar-refractivity contribution is 7.99. The predicted molar refractivity (Wildman–Crippen MR) is 76.2 cm³/mol. The molecule has 2 N–H and O–H groups in total. The van der Waals surface area contributed by atoms with Crippen molar-refractivity contribution >= 4 is 17.7 Å². The SMILES string of the molecule is Cc1ccc(SCCNC(C(=O)O)C(C)C)cc1. The summed E-state index contributed by atoms with van der Waals surface area (Å²) in [5.74, 6) is 0.205. The Hall–Kier alpha value is -1.00. The normalized spacial score (nSPS) is 12.7. The number of hydrogen-bond acceptors (Lipinski definition) is 3. The topological polar surface area (TPSA) is 49.3 Å². The van der Waals surface area contributed by atoms with Crippen LogP contribution in [0.3, 0.4) is 0 Å². The molecule has 1 rings (SSSR count). The quantitative estimate of drug-likeness (QED) is 0.589. The molecular weight excluding hydrogens is 246 g/mol. The number of rotatable bonds is 7. The van der Waals surface area contributed by atoms with Crippen LogP contribution in [-0.2, 0) is 4.79 Å². The van der Waals surface area contributed by atoms with Crippen LogP contribution < -0.4 is 5.32 Å². The van der Waals surface area contributed by atoms with Crippen molar-refractivity contribution in [2.45, 2.75) is 31.7 Å². The van der Waals surface area contributed by atoms with E-state index in [0.717, 1.165) is 5.75 Å². The molecule has 0 aliphatic heterocycles. The molecular formula is C14H21NO2S. The highest BCUT2D eigenvalue weighted by Crippen LogP contribution is 2.17. The van der Waals surface area contributed by atoms with E-state index in [2.05, 4.69) is 36.5 Å². The molecule has 0 aliphatic carbocycles. The summed E-state index contributed by atoms with van der Waals surface area (Å²) in [7, 11) is 0. The Labute approximate surface area is 113 Å². The molecule has 0 fully saturated rings. The van der Waals surface area contributed by atoms with Gasteiger partial charge < -0.3 is 10.4 Å². The molecule has 3 nitrogen and oxygen atoms in total. The summed E-state index contributed by atoms with van der Waals surface area (Å²) in [6.07, 6.45) is 0. The van der Waals surface area contributed by atoms with Gasteiger partial charge in [-0.05, 0) is 25.0 Å². The van der Waals surface area contributed by atoms with Crippen molar-refractivity contribution in [2.75, 3.05) is 12.3 Å². The molecule has 0 spiro atoms. The zero-order valence-electron chi connectivity index (χ0n) is 11.1. The third-order valence-corrected chi connectivity index (χ3v) is 3.70. The molecule has 1 aromatic rings. The van der Waals surface area contributed by atoms with E-state index in [1.165, 1.54) is 10.5 Å². The van der Waals surface area contributed by atoms with Gasteiger partial charge in [-0.2, -0.15) is 0 Å². The second kappa shape index (κ2) is 7.44. The van der Waals surface area contributed by atoms with Gasteiger partial charge in [-0.3, -0.25) is 4.79 Å². The Bertz CT molecular complexity index is 376. The first-order valence-electron chi connectivity index (χ1n) is 6.16. The molecule has 18 heavy (non-hydrogen) atoms. The summed E-state index contributed by atoms with van der Waals surface area (Å²) >= 11 is 1.74. The van der Waals surface area contributed by atoms with Crippen LogP contribution in [0.4, 0.5) is 0 Å². The second-order valence-corrected chi connectivity index (χ2v) is 5.84. The van der Waals surface area contributed by atoms with Gasteiger partial charge in [0.25, 0.3) is 0 Å². The first kappa shape index (κ1) is 15.1. The lowest BCUT2D eigenvalue weighted by Crippen LogP contribution is -2.41. The molecule has 1 aromatic carbocycles. The summed E-state index contributed by atoms with van der Waals surface area (Å²) in [6, 6.07) is 7.91. The van der Waals surface area contributed by atoms with Crippen LogP contribution in [0, 0.1) is 12.8 Å². The molecule has 0 aromatic heterocycles. The fourth-order valence-electron chi connectivity index (χ4n) is 1.63. The Kier molecular flexibility index (Phi) is 6.22. The third kappa shape index (κ3) is 5.10. The zero-order chi connectivity index (χ0) is 13.5. The predicted octanol–water partition coefficient (Wildman–Crippen LogP) is 2.79. The molecule has 0 saturated heterocycles. The van der Waals surface area contributed by atoms with Crippen molar-refractivity contribution in [3.63, 3.8) is 0 Å². The van der Waals surface area contributed by atoms with Gasteiger partial charge in [-0.15, -0.1) is 11.8 Å². The van der Waals surface area contributed by atoms with E-state index >= 15 is 0 Å². The van der Waals surface area contributed by atoms with E-state index in [4.69, 9.17) is 5.11 Å². The van der Waals surface area contributed by atoms with Crippen LogP contribution in [-0.4, -0.2) is 29.4 Å². The van der Waals surface area contributed by atoms with E-state index in [-0.39, 0.29) is 5.92 Å². The van der Waals surface area contributed by atoms with Crippen LogP contribution in [0.15, 0.2) is 29.2 Å².